The summed E-state index contributed by atoms with van der Waals surface area (Å²) >= 11 is 3.38. The molecule has 0 saturated carbocycles. The summed E-state index contributed by atoms with van der Waals surface area (Å²) in [4.78, 5) is 12.2. The lowest BCUT2D eigenvalue weighted by Gasteiger charge is -2.23. The Balaban J connectivity index is 2.91. The van der Waals surface area contributed by atoms with Crippen LogP contribution in [0, 0.1) is 0 Å². The van der Waals surface area contributed by atoms with Gasteiger partial charge in [0.15, 0.2) is 0 Å². The monoisotopic (exact) mass is 310 g/mol. The van der Waals surface area contributed by atoms with Crippen LogP contribution in [0.2, 0.25) is 0 Å². The van der Waals surface area contributed by atoms with Gasteiger partial charge in [-0.1, -0.05) is 34.1 Å². The van der Waals surface area contributed by atoms with E-state index < -0.39 is 5.60 Å². The van der Waals surface area contributed by atoms with Gasteiger partial charge in [-0.3, -0.25) is 4.79 Å². The van der Waals surface area contributed by atoms with Crippen molar-refractivity contribution in [2.24, 2.45) is 0 Å². The first-order valence-electron chi connectivity index (χ1n) is 5.92. The number of hydrogen-bond acceptors (Lipinski definition) is 2. The third kappa shape index (κ3) is 4.65. The zero-order chi connectivity index (χ0) is 13.8. The van der Waals surface area contributed by atoms with Gasteiger partial charge in [0.25, 0.3) is 0 Å². The van der Waals surface area contributed by atoms with Crippen LogP contribution in [0.4, 0.5) is 0 Å². The number of allylic oxidation sites excluding steroid dienone is 1. The van der Waals surface area contributed by atoms with Crippen LogP contribution < -0.4 is 0 Å². The van der Waals surface area contributed by atoms with Crippen molar-refractivity contribution in [3.8, 4) is 0 Å². The highest BCUT2D eigenvalue weighted by atomic mass is 79.9. The van der Waals surface area contributed by atoms with Gasteiger partial charge in [-0.2, -0.15) is 0 Å². The van der Waals surface area contributed by atoms with Gasteiger partial charge in [0, 0.05) is 4.47 Å². The number of hydrogen-bond donors (Lipinski definition) is 0. The van der Waals surface area contributed by atoms with Gasteiger partial charge in [0.05, 0.1) is 5.92 Å². The van der Waals surface area contributed by atoms with Crippen LogP contribution >= 0.6 is 15.9 Å². The van der Waals surface area contributed by atoms with Crippen LogP contribution in [0.3, 0.4) is 0 Å². The van der Waals surface area contributed by atoms with E-state index >= 15 is 0 Å². The van der Waals surface area contributed by atoms with E-state index in [4.69, 9.17) is 4.74 Å². The molecule has 0 bridgehead atoms. The summed E-state index contributed by atoms with van der Waals surface area (Å²) in [5, 5.41) is 0. The number of esters is 1. The molecule has 0 saturated heterocycles. The molecule has 0 aromatic heterocycles. The highest BCUT2D eigenvalue weighted by Gasteiger charge is 2.25. The molecule has 1 unspecified atom stereocenters. The maximum atomic E-state index is 12.2. The van der Waals surface area contributed by atoms with Crippen LogP contribution in [0.5, 0.6) is 0 Å². The largest absolute Gasteiger partial charge is 0.459 e. The summed E-state index contributed by atoms with van der Waals surface area (Å²) in [6.07, 6.45) is 2.33. The highest BCUT2D eigenvalue weighted by Crippen LogP contribution is 2.25. The molecule has 1 aromatic rings. The van der Waals surface area contributed by atoms with Crippen LogP contribution in [-0.4, -0.2) is 11.6 Å². The van der Waals surface area contributed by atoms with Gasteiger partial charge in [-0.25, -0.2) is 0 Å². The normalized spacial score (nSPS) is 12.9. The number of carbonyl (C=O) groups is 1. The average molecular weight is 311 g/mol. The van der Waals surface area contributed by atoms with Gasteiger partial charge in [0.2, 0.25) is 0 Å². The van der Waals surface area contributed by atoms with Crippen molar-refractivity contribution >= 4 is 21.9 Å². The lowest BCUT2D eigenvalue weighted by atomic mass is 9.95. The van der Waals surface area contributed by atoms with Gasteiger partial charge < -0.3 is 4.74 Å². The predicted molar refractivity (Wildman–Crippen MR) is 77.5 cm³/mol. The summed E-state index contributed by atoms with van der Waals surface area (Å²) < 4.78 is 6.43. The Morgan fingerprint density at radius 2 is 1.94 bits per heavy atom. The molecule has 0 fully saturated rings. The fraction of sp³-hybridized carbons (Fsp3) is 0.400. The molecular weight excluding hydrogens is 292 g/mol. The van der Waals surface area contributed by atoms with E-state index in [-0.39, 0.29) is 11.9 Å². The molecule has 1 rings (SSSR count). The number of carbonyl (C=O) groups excluding carboxylic acids is 1. The van der Waals surface area contributed by atoms with Crippen LogP contribution in [-0.2, 0) is 9.53 Å². The maximum absolute atomic E-state index is 12.2. The molecule has 0 heterocycles. The summed E-state index contributed by atoms with van der Waals surface area (Å²) in [6.45, 7) is 9.32. The summed E-state index contributed by atoms with van der Waals surface area (Å²) in [5.41, 5.74) is 0.485. The van der Waals surface area contributed by atoms with E-state index in [1.807, 2.05) is 45.0 Å². The molecule has 18 heavy (non-hydrogen) atoms. The van der Waals surface area contributed by atoms with Crippen molar-refractivity contribution in [1.29, 1.82) is 0 Å². The first-order valence-corrected chi connectivity index (χ1v) is 6.72. The molecule has 2 nitrogen and oxygen atoms in total. The Labute approximate surface area is 117 Å². The second-order valence-electron chi connectivity index (χ2n) is 5.16. The fourth-order valence-electron chi connectivity index (χ4n) is 1.60. The first-order chi connectivity index (χ1) is 8.33. The number of benzene rings is 1. The second-order valence-corrected chi connectivity index (χ2v) is 6.08. The molecule has 0 amide bonds. The SMILES string of the molecule is C=CCC(C(=O)OC(C)(C)C)c1ccc(Br)cc1. The molecule has 0 spiro atoms. The second kappa shape index (κ2) is 6.19. The molecule has 3 heteroatoms. The van der Waals surface area contributed by atoms with Crippen molar-refractivity contribution < 1.29 is 9.53 Å². The Morgan fingerprint density at radius 1 is 1.39 bits per heavy atom. The fourth-order valence-corrected chi connectivity index (χ4v) is 1.87. The van der Waals surface area contributed by atoms with Crippen molar-refractivity contribution in [2.45, 2.75) is 38.7 Å². The molecule has 0 radical (unpaired) electrons. The van der Waals surface area contributed by atoms with Gasteiger partial charge in [-0.05, 0) is 44.9 Å². The Hall–Kier alpha value is -1.09. The van der Waals surface area contributed by atoms with Crippen LogP contribution in [0.1, 0.15) is 38.7 Å². The summed E-state index contributed by atoms with van der Waals surface area (Å²) in [6, 6.07) is 7.72. The lowest BCUT2D eigenvalue weighted by molar-refractivity contribution is -0.156. The molecule has 0 aliphatic rings. The van der Waals surface area contributed by atoms with Gasteiger partial charge in [-0.15, -0.1) is 6.58 Å². The van der Waals surface area contributed by atoms with Crippen molar-refractivity contribution in [3.05, 3.63) is 47.0 Å². The molecular formula is C15H19BrO2. The minimum Gasteiger partial charge on any atom is -0.459 e. The van der Waals surface area contributed by atoms with Crippen LogP contribution in [0.15, 0.2) is 41.4 Å². The topological polar surface area (TPSA) is 26.3 Å². The van der Waals surface area contributed by atoms with E-state index in [1.165, 1.54) is 0 Å². The van der Waals surface area contributed by atoms with Crippen molar-refractivity contribution in [3.63, 3.8) is 0 Å². The van der Waals surface area contributed by atoms with Crippen molar-refractivity contribution in [1.82, 2.24) is 0 Å². The zero-order valence-corrected chi connectivity index (χ0v) is 12.7. The molecule has 0 aliphatic carbocycles. The first kappa shape index (κ1) is 15.0. The van der Waals surface area contributed by atoms with E-state index in [9.17, 15) is 4.79 Å². The zero-order valence-electron chi connectivity index (χ0n) is 11.1. The maximum Gasteiger partial charge on any atom is 0.314 e. The minimum absolute atomic E-state index is 0.204. The molecule has 1 atom stereocenters. The van der Waals surface area contributed by atoms with Crippen LogP contribution in [0.25, 0.3) is 0 Å². The van der Waals surface area contributed by atoms with E-state index in [1.54, 1.807) is 6.08 Å². The van der Waals surface area contributed by atoms with E-state index in [2.05, 4.69) is 22.5 Å². The summed E-state index contributed by atoms with van der Waals surface area (Å²) in [7, 11) is 0. The number of rotatable bonds is 4. The Bertz CT molecular complexity index is 415. The Kier molecular flexibility index (Phi) is 5.15. The van der Waals surface area contributed by atoms with E-state index in [0.717, 1.165) is 10.0 Å². The lowest BCUT2D eigenvalue weighted by Crippen LogP contribution is -2.27. The minimum atomic E-state index is -0.466. The molecule has 98 valence electrons. The van der Waals surface area contributed by atoms with Gasteiger partial charge >= 0.3 is 5.97 Å². The number of halogens is 1. The predicted octanol–water partition coefficient (Wildman–Crippen LogP) is 4.45. The Morgan fingerprint density at radius 3 is 2.39 bits per heavy atom. The van der Waals surface area contributed by atoms with Gasteiger partial charge in [0.1, 0.15) is 5.60 Å². The average Bonchev–Trinajstić information content (AvgIpc) is 2.25. The molecule has 0 aliphatic heterocycles. The third-order valence-corrected chi connectivity index (χ3v) is 2.89. The summed E-state index contributed by atoms with van der Waals surface area (Å²) in [5.74, 6) is -0.487. The van der Waals surface area contributed by atoms with E-state index in [0.29, 0.717) is 6.42 Å². The quantitative estimate of drug-likeness (QED) is 0.606. The smallest absolute Gasteiger partial charge is 0.314 e. The number of ether oxygens (including phenoxy) is 1. The molecule has 0 N–H and O–H groups in total. The van der Waals surface area contributed by atoms with Crippen molar-refractivity contribution in [2.75, 3.05) is 0 Å². The third-order valence-electron chi connectivity index (χ3n) is 2.37. The standard InChI is InChI=1S/C15H19BrO2/c1-5-6-13(14(17)18-15(2,3)4)11-7-9-12(16)10-8-11/h5,7-10,13H,1,6H2,2-4H3. The highest BCUT2D eigenvalue weighted by molar-refractivity contribution is 9.10. The molecule has 1 aromatic carbocycles.